The predicted octanol–water partition coefficient (Wildman–Crippen LogP) is 3.11. The molecule has 1 rings (SSSR count). The molecule has 0 bridgehead atoms. The molecule has 0 aliphatic rings. The van der Waals surface area contributed by atoms with Gasteiger partial charge in [0.15, 0.2) is 0 Å². The van der Waals surface area contributed by atoms with Crippen LogP contribution in [0.15, 0.2) is 29.2 Å². The Morgan fingerprint density at radius 2 is 2.13 bits per heavy atom. The van der Waals surface area contributed by atoms with Crippen molar-refractivity contribution in [3.63, 3.8) is 0 Å². The summed E-state index contributed by atoms with van der Waals surface area (Å²) in [4.78, 5) is 3.59. The van der Waals surface area contributed by atoms with E-state index in [2.05, 4.69) is 50.2 Å². The van der Waals surface area contributed by atoms with E-state index in [4.69, 9.17) is 0 Å². The van der Waals surface area contributed by atoms with Gasteiger partial charge >= 0.3 is 0 Å². The van der Waals surface area contributed by atoms with Gasteiger partial charge in [-0.05, 0) is 50.4 Å². The molecule has 15 heavy (non-hydrogen) atoms. The Morgan fingerprint density at radius 1 is 1.33 bits per heavy atom. The van der Waals surface area contributed by atoms with Gasteiger partial charge < -0.3 is 4.90 Å². The Balaban J connectivity index is 2.50. The summed E-state index contributed by atoms with van der Waals surface area (Å²) in [7, 11) is 4.22. The molecule has 0 heterocycles. The summed E-state index contributed by atoms with van der Waals surface area (Å²) in [5.41, 5.74) is 1.43. The third-order valence-electron chi connectivity index (χ3n) is 2.16. The molecule has 0 aromatic heterocycles. The fourth-order valence-electron chi connectivity index (χ4n) is 1.33. The maximum Gasteiger partial charge on any atom is 0.00746 e. The topological polar surface area (TPSA) is 3.24 Å². The van der Waals surface area contributed by atoms with Crippen molar-refractivity contribution in [2.75, 3.05) is 26.4 Å². The van der Waals surface area contributed by atoms with Crippen LogP contribution < -0.4 is 0 Å². The zero-order chi connectivity index (χ0) is 11.1. The second-order valence-electron chi connectivity index (χ2n) is 3.90. The maximum atomic E-state index is 3.86. The average Bonchev–Trinajstić information content (AvgIpc) is 2.24. The van der Waals surface area contributed by atoms with Gasteiger partial charge in [0.2, 0.25) is 0 Å². The van der Waals surface area contributed by atoms with E-state index in [1.807, 2.05) is 11.8 Å². The highest BCUT2D eigenvalue weighted by molar-refractivity contribution is 7.99. The van der Waals surface area contributed by atoms with Crippen LogP contribution in [0.3, 0.4) is 0 Å². The highest BCUT2D eigenvalue weighted by Gasteiger charge is 1.97. The van der Waals surface area contributed by atoms with Crippen LogP contribution in [0.25, 0.3) is 0 Å². The standard InChI is InChI=1S/C13H20NS/c1-4-10-15-13-7-5-6-12(11-13)8-9-14(2)3/h5-7,11H,1,4,8-10H2,2-3H3. The first kappa shape index (κ1) is 12.6. The molecule has 0 spiro atoms. The first-order valence-corrected chi connectivity index (χ1v) is 6.36. The third-order valence-corrected chi connectivity index (χ3v) is 3.24. The lowest BCUT2D eigenvalue weighted by Gasteiger charge is -2.09. The van der Waals surface area contributed by atoms with E-state index in [0.29, 0.717) is 0 Å². The lowest BCUT2D eigenvalue weighted by molar-refractivity contribution is 0.413. The number of likely N-dealkylation sites (N-methyl/N-ethyl adjacent to an activating group) is 1. The lowest BCUT2D eigenvalue weighted by Crippen LogP contribution is -2.14. The second-order valence-corrected chi connectivity index (χ2v) is 5.07. The number of thioether (sulfide) groups is 1. The van der Waals surface area contributed by atoms with Crippen molar-refractivity contribution >= 4 is 11.8 Å². The van der Waals surface area contributed by atoms with Crippen LogP contribution in [0, 0.1) is 6.92 Å². The van der Waals surface area contributed by atoms with Gasteiger partial charge in [0.25, 0.3) is 0 Å². The van der Waals surface area contributed by atoms with Crippen molar-refractivity contribution in [2.24, 2.45) is 0 Å². The largest absolute Gasteiger partial charge is 0.309 e. The molecule has 1 aromatic carbocycles. The lowest BCUT2D eigenvalue weighted by atomic mass is 10.1. The number of hydrogen-bond donors (Lipinski definition) is 0. The highest BCUT2D eigenvalue weighted by atomic mass is 32.2. The Morgan fingerprint density at radius 3 is 2.80 bits per heavy atom. The summed E-state index contributed by atoms with van der Waals surface area (Å²) in [5, 5.41) is 0. The first-order chi connectivity index (χ1) is 7.22. The molecular formula is C13H20NS. The third kappa shape index (κ3) is 5.24. The van der Waals surface area contributed by atoms with E-state index < -0.39 is 0 Å². The summed E-state index contributed by atoms with van der Waals surface area (Å²) in [6, 6.07) is 8.83. The smallest absolute Gasteiger partial charge is 0.00746 e. The molecule has 0 amide bonds. The van der Waals surface area contributed by atoms with Crippen molar-refractivity contribution in [2.45, 2.75) is 17.7 Å². The van der Waals surface area contributed by atoms with Gasteiger partial charge in [-0.3, -0.25) is 0 Å². The van der Waals surface area contributed by atoms with Crippen LogP contribution in [0.1, 0.15) is 12.0 Å². The van der Waals surface area contributed by atoms with E-state index >= 15 is 0 Å². The van der Waals surface area contributed by atoms with E-state index in [1.165, 1.54) is 10.5 Å². The normalized spacial score (nSPS) is 10.9. The van der Waals surface area contributed by atoms with E-state index in [1.54, 1.807) is 0 Å². The monoisotopic (exact) mass is 222 g/mol. The Hall–Kier alpha value is -0.470. The van der Waals surface area contributed by atoms with Crippen LogP contribution >= 0.6 is 11.8 Å². The minimum atomic E-state index is 0.993. The maximum absolute atomic E-state index is 3.86. The van der Waals surface area contributed by atoms with Gasteiger partial charge in [0.1, 0.15) is 0 Å². The Kier molecular flexibility index (Phi) is 5.81. The number of hydrogen-bond acceptors (Lipinski definition) is 2. The van der Waals surface area contributed by atoms with Crippen molar-refractivity contribution in [3.8, 4) is 0 Å². The average molecular weight is 222 g/mol. The van der Waals surface area contributed by atoms with Crippen LogP contribution in [-0.2, 0) is 6.42 Å². The minimum Gasteiger partial charge on any atom is -0.309 e. The SMILES string of the molecule is [CH2]CCSc1cccc(CCN(C)C)c1. The van der Waals surface area contributed by atoms with Gasteiger partial charge in [0.05, 0.1) is 0 Å². The van der Waals surface area contributed by atoms with Crippen molar-refractivity contribution in [1.29, 1.82) is 0 Å². The highest BCUT2D eigenvalue weighted by Crippen LogP contribution is 2.19. The number of benzene rings is 1. The molecule has 0 atom stereocenters. The zero-order valence-electron chi connectivity index (χ0n) is 9.70. The molecule has 2 heteroatoms. The van der Waals surface area contributed by atoms with Crippen LogP contribution in [0.5, 0.6) is 0 Å². The summed E-state index contributed by atoms with van der Waals surface area (Å²) in [6.07, 6.45) is 2.12. The van der Waals surface area contributed by atoms with Gasteiger partial charge in [-0.25, -0.2) is 0 Å². The van der Waals surface area contributed by atoms with Gasteiger partial charge in [-0.15, -0.1) is 11.8 Å². The number of rotatable bonds is 6. The van der Waals surface area contributed by atoms with Crippen molar-refractivity contribution in [3.05, 3.63) is 36.8 Å². The van der Waals surface area contributed by atoms with Crippen LogP contribution in [-0.4, -0.2) is 31.3 Å². The first-order valence-electron chi connectivity index (χ1n) is 5.38. The second kappa shape index (κ2) is 6.91. The van der Waals surface area contributed by atoms with Gasteiger partial charge in [-0.1, -0.05) is 19.1 Å². The molecule has 0 aliphatic heterocycles. The predicted molar refractivity (Wildman–Crippen MR) is 69.4 cm³/mol. The van der Waals surface area contributed by atoms with E-state index in [-0.39, 0.29) is 0 Å². The minimum absolute atomic E-state index is 0.993. The van der Waals surface area contributed by atoms with Crippen molar-refractivity contribution < 1.29 is 0 Å². The summed E-state index contributed by atoms with van der Waals surface area (Å²) in [5.74, 6) is 1.11. The zero-order valence-corrected chi connectivity index (χ0v) is 10.5. The van der Waals surface area contributed by atoms with E-state index in [9.17, 15) is 0 Å². The molecule has 0 fully saturated rings. The molecular weight excluding hydrogens is 202 g/mol. The molecule has 0 unspecified atom stereocenters. The summed E-state index contributed by atoms with van der Waals surface area (Å²) in [6.45, 7) is 4.97. The Labute approximate surface area is 97.9 Å². The quantitative estimate of drug-likeness (QED) is 0.680. The summed E-state index contributed by atoms with van der Waals surface area (Å²) < 4.78 is 0. The van der Waals surface area contributed by atoms with Crippen LogP contribution in [0.2, 0.25) is 0 Å². The fraction of sp³-hybridized carbons (Fsp3) is 0.462. The van der Waals surface area contributed by atoms with Gasteiger partial charge in [0, 0.05) is 11.4 Å². The molecule has 0 saturated heterocycles. The molecule has 1 nitrogen and oxygen atoms in total. The Bertz CT molecular complexity index is 284. The molecule has 83 valence electrons. The molecule has 1 radical (unpaired) electrons. The number of nitrogens with zero attached hydrogens (tertiary/aromatic N) is 1. The van der Waals surface area contributed by atoms with E-state index in [0.717, 1.165) is 25.1 Å². The molecule has 0 aliphatic carbocycles. The van der Waals surface area contributed by atoms with Crippen molar-refractivity contribution in [1.82, 2.24) is 4.90 Å². The van der Waals surface area contributed by atoms with Gasteiger partial charge in [-0.2, -0.15) is 0 Å². The molecule has 0 N–H and O–H groups in total. The van der Waals surface area contributed by atoms with Crippen LogP contribution in [0.4, 0.5) is 0 Å². The molecule has 1 aromatic rings. The summed E-state index contributed by atoms with van der Waals surface area (Å²) >= 11 is 1.89. The molecule has 0 saturated carbocycles. The fourth-order valence-corrected chi connectivity index (χ4v) is 2.12.